The zero-order valence-electron chi connectivity index (χ0n) is 23.5. The summed E-state index contributed by atoms with van der Waals surface area (Å²) in [7, 11) is 1.64. The summed E-state index contributed by atoms with van der Waals surface area (Å²) in [5.74, 6) is 7.31. The van der Waals surface area contributed by atoms with E-state index in [1.807, 2.05) is 60.7 Å². The van der Waals surface area contributed by atoms with Crippen molar-refractivity contribution >= 4 is 0 Å². The highest BCUT2D eigenvalue weighted by Crippen LogP contribution is 2.70. The molecule has 0 N–H and O–H groups in total. The van der Waals surface area contributed by atoms with Crippen molar-refractivity contribution in [3.63, 3.8) is 0 Å². The first kappa shape index (κ1) is 26.4. The summed E-state index contributed by atoms with van der Waals surface area (Å²) < 4.78 is 25.7. The number of rotatable bonds is 7. The van der Waals surface area contributed by atoms with Crippen LogP contribution < -0.4 is 14.2 Å². The van der Waals surface area contributed by atoms with Gasteiger partial charge < -0.3 is 18.9 Å². The van der Waals surface area contributed by atoms with E-state index in [0.717, 1.165) is 44.9 Å². The summed E-state index contributed by atoms with van der Waals surface area (Å²) in [6.07, 6.45) is 11.5. The second kappa shape index (κ2) is 10.0. The second-order valence-corrected chi connectivity index (χ2v) is 10.4. The van der Waals surface area contributed by atoms with Crippen LogP contribution in [-0.4, -0.2) is 30.3 Å². The normalized spacial score (nSPS) is 21.6. The number of hydrogen-bond acceptors (Lipinski definition) is 6. The SMILES string of the molecule is C#CCOc1nc(-c2ccccc2)nc2c1[C@@H](C)[C@]1(c3ccc(OC)cc3)Oc3cc(C)cc(C)c3[C@]21OCC#C. The van der Waals surface area contributed by atoms with E-state index in [-0.39, 0.29) is 19.1 Å². The van der Waals surface area contributed by atoms with Crippen LogP contribution in [0.2, 0.25) is 0 Å². The van der Waals surface area contributed by atoms with Crippen LogP contribution in [0.1, 0.15) is 46.4 Å². The zero-order valence-corrected chi connectivity index (χ0v) is 23.5. The Morgan fingerprint density at radius 2 is 1.68 bits per heavy atom. The largest absolute Gasteiger partial charge is 0.497 e. The van der Waals surface area contributed by atoms with Crippen LogP contribution in [0.3, 0.4) is 0 Å². The van der Waals surface area contributed by atoms with Crippen LogP contribution in [0.5, 0.6) is 17.4 Å². The Morgan fingerprint density at radius 3 is 2.37 bits per heavy atom. The molecule has 3 atom stereocenters. The molecule has 1 aliphatic heterocycles. The number of nitrogens with zero attached hydrogens (tertiary/aromatic N) is 2. The first-order chi connectivity index (χ1) is 19.9. The average molecular weight is 543 g/mol. The lowest BCUT2D eigenvalue weighted by atomic mass is 9.71. The molecule has 6 heteroatoms. The minimum absolute atomic E-state index is 0.0331. The topological polar surface area (TPSA) is 62.7 Å². The molecule has 0 bridgehead atoms. The predicted octanol–water partition coefficient (Wildman–Crippen LogP) is 6.08. The van der Waals surface area contributed by atoms with Crippen LogP contribution in [0, 0.1) is 38.5 Å². The van der Waals surface area contributed by atoms with Gasteiger partial charge in [0, 0.05) is 22.6 Å². The molecule has 1 aliphatic carbocycles. The Morgan fingerprint density at radius 1 is 0.951 bits per heavy atom. The van der Waals surface area contributed by atoms with Gasteiger partial charge in [0.25, 0.3) is 0 Å². The molecule has 6 nitrogen and oxygen atoms in total. The molecule has 0 amide bonds. The number of terminal acetylenes is 2. The summed E-state index contributed by atoms with van der Waals surface area (Å²) in [5, 5.41) is 0. The molecule has 0 unspecified atom stereocenters. The van der Waals surface area contributed by atoms with Crippen LogP contribution in [0.4, 0.5) is 0 Å². The van der Waals surface area contributed by atoms with E-state index in [1.165, 1.54) is 0 Å². The van der Waals surface area contributed by atoms with E-state index >= 15 is 0 Å². The van der Waals surface area contributed by atoms with Gasteiger partial charge in [-0.05, 0) is 48.7 Å². The first-order valence-electron chi connectivity index (χ1n) is 13.5. The van der Waals surface area contributed by atoms with E-state index < -0.39 is 11.2 Å². The summed E-state index contributed by atoms with van der Waals surface area (Å²) >= 11 is 0. The van der Waals surface area contributed by atoms with Gasteiger partial charge in [-0.3, -0.25) is 0 Å². The minimum atomic E-state index is -1.21. The maximum atomic E-state index is 7.14. The van der Waals surface area contributed by atoms with E-state index in [4.69, 9.17) is 41.8 Å². The smallest absolute Gasteiger partial charge is 0.222 e. The molecule has 41 heavy (non-hydrogen) atoms. The zero-order chi connectivity index (χ0) is 28.8. The first-order valence-corrected chi connectivity index (χ1v) is 13.5. The highest BCUT2D eigenvalue weighted by Gasteiger charge is 2.73. The Hall–Kier alpha value is -4.78. The Balaban J connectivity index is 1.75. The quantitative estimate of drug-likeness (QED) is 0.264. The van der Waals surface area contributed by atoms with Crippen molar-refractivity contribution < 1.29 is 18.9 Å². The lowest BCUT2D eigenvalue weighted by Gasteiger charge is -2.41. The van der Waals surface area contributed by atoms with Gasteiger partial charge in [0.05, 0.1) is 12.8 Å². The third kappa shape index (κ3) is 3.72. The fraction of sp³-hybridized carbons (Fsp3) is 0.257. The molecule has 0 radical (unpaired) electrons. The van der Waals surface area contributed by atoms with E-state index in [1.54, 1.807) is 7.11 Å². The van der Waals surface area contributed by atoms with Gasteiger partial charge >= 0.3 is 0 Å². The molecule has 0 spiro atoms. The molecule has 4 aromatic rings. The van der Waals surface area contributed by atoms with Gasteiger partial charge in [-0.15, -0.1) is 12.8 Å². The number of hydrogen-bond donors (Lipinski definition) is 0. The number of aryl methyl sites for hydroxylation is 2. The number of aromatic nitrogens is 2. The standard InChI is InChI=1S/C35H30N2O4/c1-7-18-39-33-29-24(5)34(26-14-16-27(38-6)17-15-26)35(40-19-8-2,30-23(4)20-22(3)21-28(30)41-34)31(29)36-32(37-33)25-12-10-9-11-13-25/h1-2,9-17,20-21,24H,18-19H2,3-6H3/t24-,34-,35+/m1/s1. The Bertz CT molecular complexity index is 1720. The van der Waals surface area contributed by atoms with Gasteiger partial charge in [-0.2, -0.15) is 4.98 Å². The van der Waals surface area contributed by atoms with E-state index in [9.17, 15) is 0 Å². The molecule has 0 saturated carbocycles. The van der Waals surface area contributed by atoms with Crippen LogP contribution in [0.25, 0.3) is 11.4 Å². The van der Waals surface area contributed by atoms with E-state index in [0.29, 0.717) is 17.4 Å². The van der Waals surface area contributed by atoms with Crippen LogP contribution in [0.15, 0.2) is 66.7 Å². The highest BCUT2D eigenvalue weighted by molar-refractivity contribution is 5.68. The fourth-order valence-corrected chi connectivity index (χ4v) is 6.57. The van der Waals surface area contributed by atoms with Crippen molar-refractivity contribution in [2.24, 2.45) is 0 Å². The third-order valence-corrected chi connectivity index (χ3v) is 8.09. The second-order valence-electron chi connectivity index (χ2n) is 10.4. The highest BCUT2D eigenvalue weighted by atomic mass is 16.6. The monoisotopic (exact) mass is 542 g/mol. The number of methoxy groups -OCH3 is 1. The van der Waals surface area contributed by atoms with Gasteiger partial charge in [-0.1, -0.05) is 67.3 Å². The van der Waals surface area contributed by atoms with Crippen molar-refractivity contribution in [1.29, 1.82) is 0 Å². The number of ether oxygens (including phenoxy) is 4. The average Bonchev–Trinajstić information content (AvgIpc) is 3.40. The molecule has 2 aliphatic rings. The Kier molecular flexibility index (Phi) is 6.45. The molecule has 3 aromatic carbocycles. The van der Waals surface area contributed by atoms with Gasteiger partial charge in [0.2, 0.25) is 5.88 Å². The summed E-state index contributed by atoms with van der Waals surface area (Å²) in [5.41, 5.74) is 3.84. The molecule has 2 heterocycles. The molecule has 1 aromatic heterocycles. The molecular formula is C35H30N2O4. The van der Waals surface area contributed by atoms with Gasteiger partial charge in [-0.25, -0.2) is 4.98 Å². The van der Waals surface area contributed by atoms with Gasteiger partial charge in [0.1, 0.15) is 18.1 Å². The summed E-state index contributed by atoms with van der Waals surface area (Å²) in [6.45, 7) is 6.29. The number of benzene rings is 3. The molecule has 0 saturated heterocycles. The van der Waals surface area contributed by atoms with Crippen molar-refractivity contribution in [2.75, 3.05) is 20.3 Å². The summed E-state index contributed by atoms with van der Waals surface area (Å²) in [6, 6.07) is 21.8. The number of fused-ring (bicyclic) bond motifs is 5. The van der Waals surface area contributed by atoms with Crippen molar-refractivity contribution in [1.82, 2.24) is 9.97 Å². The lowest BCUT2D eigenvalue weighted by Crippen LogP contribution is -2.50. The minimum Gasteiger partial charge on any atom is -0.497 e. The maximum absolute atomic E-state index is 7.14. The van der Waals surface area contributed by atoms with Crippen LogP contribution in [-0.2, 0) is 15.9 Å². The molecule has 6 rings (SSSR count). The molecule has 0 fully saturated rings. The molecule has 204 valence electrons. The summed E-state index contributed by atoms with van der Waals surface area (Å²) in [4.78, 5) is 10.1. The third-order valence-electron chi connectivity index (χ3n) is 8.09. The van der Waals surface area contributed by atoms with E-state index in [2.05, 4.69) is 38.7 Å². The maximum Gasteiger partial charge on any atom is 0.222 e. The predicted molar refractivity (Wildman–Crippen MR) is 157 cm³/mol. The molecular weight excluding hydrogens is 512 g/mol. The Labute approximate surface area is 240 Å². The van der Waals surface area contributed by atoms with Crippen molar-refractivity contribution in [3.8, 4) is 53.5 Å². The van der Waals surface area contributed by atoms with Crippen molar-refractivity contribution in [3.05, 3.63) is 100 Å². The fourth-order valence-electron chi connectivity index (χ4n) is 6.57. The van der Waals surface area contributed by atoms with Gasteiger partial charge in [0.15, 0.2) is 23.6 Å². The lowest BCUT2D eigenvalue weighted by molar-refractivity contribution is -0.127. The van der Waals surface area contributed by atoms with Crippen LogP contribution >= 0.6 is 0 Å². The van der Waals surface area contributed by atoms with Crippen molar-refractivity contribution in [2.45, 2.75) is 37.9 Å².